The molecule has 0 aliphatic rings. The van der Waals surface area contributed by atoms with Gasteiger partial charge in [-0.25, -0.2) is 9.59 Å². The summed E-state index contributed by atoms with van der Waals surface area (Å²) in [5.41, 5.74) is 0.356. The van der Waals surface area contributed by atoms with Crippen molar-refractivity contribution in [2.24, 2.45) is 0 Å². The predicted octanol–water partition coefficient (Wildman–Crippen LogP) is 3.36. The number of rotatable bonds is 5. The van der Waals surface area contributed by atoms with Gasteiger partial charge in [0.1, 0.15) is 11.6 Å². The van der Waals surface area contributed by atoms with Crippen molar-refractivity contribution in [1.82, 2.24) is 5.32 Å². The van der Waals surface area contributed by atoms with E-state index in [0.717, 1.165) is 10.0 Å². The second kappa shape index (κ2) is 7.45. The van der Waals surface area contributed by atoms with Crippen molar-refractivity contribution < 1.29 is 19.4 Å². The fourth-order valence-electron chi connectivity index (χ4n) is 1.67. The lowest BCUT2D eigenvalue weighted by Gasteiger charge is -2.22. The van der Waals surface area contributed by atoms with E-state index in [4.69, 9.17) is 9.84 Å². The molecule has 5 nitrogen and oxygen atoms in total. The summed E-state index contributed by atoms with van der Waals surface area (Å²) in [4.78, 5) is 22.8. The van der Waals surface area contributed by atoms with Crippen molar-refractivity contribution in [3.8, 4) is 0 Å². The average Bonchev–Trinajstić information content (AvgIpc) is 2.33. The van der Waals surface area contributed by atoms with Gasteiger partial charge in [0.25, 0.3) is 0 Å². The van der Waals surface area contributed by atoms with Gasteiger partial charge in [-0.2, -0.15) is 0 Å². The first-order valence-electron chi connectivity index (χ1n) is 6.64. The molecule has 0 saturated heterocycles. The molecule has 0 spiro atoms. The van der Waals surface area contributed by atoms with Crippen molar-refractivity contribution in [3.63, 3.8) is 0 Å². The van der Waals surface area contributed by atoms with Crippen molar-refractivity contribution in [1.29, 1.82) is 0 Å². The largest absolute Gasteiger partial charge is 0.480 e. The molecular weight excluding hydrogens is 338 g/mol. The molecule has 0 saturated carbocycles. The number of nitrogens with one attached hydrogen (secondary N) is 1. The molecule has 0 fully saturated rings. The van der Waals surface area contributed by atoms with Gasteiger partial charge in [0.2, 0.25) is 0 Å². The van der Waals surface area contributed by atoms with E-state index < -0.39 is 23.7 Å². The highest BCUT2D eigenvalue weighted by Crippen LogP contribution is 2.13. The number of benzene rings is 1. The summed E-state index contributed by atoms with van der Waals surface area (Å²) in [6.45, 7) is 5.18. The number of carbonyl (C=O) groups is 2. The van der Waals surface area contributed by atoms with Gasteiger partial charge in [-0.3, -0.25) is 0 Å². The van der Waals surface area contributed by atoms with Gasteiger partial charge in [0, 0.05) is 4.47 Å². The number of hydrogen-bond acceptors (Lipinski definition) is 3. The molecule has 0 aromatic heterocycles. The maximum atomic E-state index is 11.6. The van der Waals surface area contributed by atoms with E-state index in [9.17, 15) is 9.59 Å². The Bertz CT molecular complexity index is 493. The van der Waals surface area contributed by atoms with Gasteiger partial charge in [-0.15, -0.1) is 0 Å². The van der Waals surface area contributed by atoms with Gasteiger partial charge in [0.05, 0.1) is 0 Å². The minimum Gasteiger partial charge on any atom is -0.480 e. The summed E-state index contributed by atoms with van der Waals surface area (Å²) in [5.74, 6) is -1.07. The number of carbonyl (C=O) groups excluding carboxylic acids is 1. The van der Waals surface area contributed by atoms with Crippen molar-refractivity contribution >= 4 is 28.0 Å². The van der Waals surface area contributed by atoms with Crippen LogP contribution < -0.4 is 5.32 Å². The minimum atomic E-state index is -1.07. The summed E-state index contributed by atoms with van der Waals surface area (Å²) in [6, 6.07) is 6.65. The predicted molar refractivity (Wildman–Crippen MR) is 83.3 cm³/mol. The zero-order chi connectivity index (χ0) is 16.0. The van der Waals surface area contributed by atoms with Crippen molar-refractivity contribution in [3.05, 3.63) is 34.3 Å². The summed E-state index contributed by atoms with van der Waals surface area (Å²) < 4.78 is 6.03. The third-order valence-corrected chi connectivity index (χ3v) is 3.15. The quantitative estimate of drug-likeness (QED) is 0.846. The van der Waals surface area contributed by atoms with Crippen LogP contribution >= 0.6 is 15.9 Å². The van der Waals surface area contributed by atoms with Gasteiger partial charge < -0.3 is 15.2 Å². The number of carboxylic acids is 1. The average molecular weight is 358 g/mol. The molecule has 0 heterocycles. The standard InChI is InChI=1S/C15H20BrNO4/c1-15(2,3)21-14(20)17-12(13(18)19)9-6-10-4-7-11(16)8-5-10/h4-5,7-8,12H,6,9H2,1-3H3,(H,17,20)(H,18,19)/t12-/m1/s1. The number of amides is 1. The summed E-state index contributed by atoms with van der Waals surface area (Å²) >= 11 is 3.34. The van der Waals surface area contributed by atoms with E-state index >= 15 is 0 Å². The normalized spacial score (nSPS) is 12.6. The smallest absolute Gasteiger partial charge is 0.408 e. The zero-order valence-corrected chi connectivity index (χ0v) is 13.9. The summed E-state index contributed by atoms with van der Waals surface area (Å²) in [7, 11) is 0. The van der Waals surface area contributed by atoms with Crippen molar-refractivity contribution in [2.75, 3.05) is 0 Å². The molecule has 1 amide bonds. The van der Waals surface area contributed by atoms with Gasteiger partial charge in [0.15, 0.2) is 0 Å². The SMILES string of the molecule is CC(C)(C)OC(=O)N[C@H](CCc1ccc(Br)cc1)C(=O)O. The minimum absolute atomic E-state index is 0.302. The molecule has 1 aromatic carbocycles. The first-order chi connectivity index (χ1) is 9.67. The number of aliphatic carboxylic acids is 1. The van der Waals surface area contributed by atoms with Gasteiger partial charge in [-0.05, 0) is 51.3 Å². The van der Waals surface area contributed by atoms with Crippen LogP contribution in [0.2, 0.25) is 0 Å². The number of alkyl carbamates (subject to hydrolysis) is 1. The Morgan fingerprint density at radius 2 is 1.86 bits per heavy atom. The van der Waals surface area contributed by atoms with E-state index in [1.54, 1.807) is 20.8 Å². The van der Waals surface area contributed by atoms with Crippen LogP contribution in [0.25, 0.3) is 0 Å². The molecule has 0 aliphatic carbocycles. The first-order valence-corrected chi connectivity index (χ1v) is 7.43. The summed E-state index contributed by atoms with van der Waals surface area (Å²) in [6.07, 6.45) is 0.140. The lowest BCUT2D eigenvalue weighted by molar-refractivity contribution is -0.139. The number of aryl methyl sites for hydroxylation is 1. The summed E-state index contributed by atoms with van der Waals surface area (Å²) in [5, 5.41) is 11.5. The fourth-order valence-corrected chi connectivity index (χ4v) is 1.93. The third-order valence-electron chi connectivity index (χ3n) is 2.62. The van der Waals surface area contributed by atoms with E-state index in [0.29, 0.717) is 12.8 Å². The molecule has 1 rings (SSSR count). The zero-order valence-electron chi connectivity index (χ0n) is 12.4. The van der Waals surface area contributed by atoms with Crippen LogP contribution in [-0.2, 0) is 16.0 Å². The number of carboxylic acid groups (broad SMARTS) is 1. The Kier molecular flexibility index (Phi) is 6.20. The molecule has 21 heavy (non-hydrogen) atoms. The van der Waals surface area contributed by atoms with Crippen LogP contribution in [0.15, 0.2) is 28.7 Å². The Balaban J connectivity index is 2.56. The van der Waals surface area contributed by atoms with Crippen LogP contribution in [0.5, 0.6) is 0 Å². The Hall–Kier alpha value is -1.56. The highest BCUT2D eigenvalue weighted by Gasteiger charge is 2.23. The maximum Gasteiger partial charge on any atom is 0.408 e. The van der Waals surface area contributed by atoms with E-state index in [2.05, 4.69) is 21.2 Å². The van der Waals surface area contributed by atoms with Crippen LogP contribution in [0, 0.1) is 0 Å². The fraction of sp³-hybridized carbons (Fsp3) is 0.467. The third kappa shape index (κ3) is 7.13. The Labute approximate surface area is 132 Å². The monoisotopic (exact) mass is 357 g/mol. The van der Waals surface area contributed by atoms with E-state index in [1.807, 2.05) is 24.3 Å². The van der Waals surface area contributed by atoms with E-state index in [-0.39, 0.29) is 0 Å². The number of halogens is 1. The topological polar surface area (TPSA) is 75.6 Å². The molecule has 0 aliphatic heterocycles. The van der Waals surface area contributed by atoms with Gasteiger partial charge >= 0.3 is 12.1 Å². The molecular formula is C15H20BrNO4. The van der Waals surface area contributed by atoms with Crippen LogP contribution in [0.4, 0.5) is 4.79 Å². The van der Waals surface area contributed by atoms with Gasteiger partial charge in [-0.1, -0.05) is 28.1 Å². The molecule has 0 radical (unpaired) electrons. The highest BCUT2D eigenvalue weighted by atomic mass is 79.9. The van der Waals surface area contributed by atoms with Crippen molar-refractivity contribution in [2.45, 2.75) is 45.3 Å². The lowest BCUT2D eigenvalue weighted by atomic mass is 10.1. The Morgan fingerprint density at radius 1 is 1.29 bits per heavy atom. The molecule has 1 aromatic rings. The van der Waals surface area contributed by atoms with Crippen LogP contribution in [-0.4, -0.2) is 28.8 Å². The van der Waals surface area contributed by atoms with Crippen LogP contribution in [0.1, 0.15) is 32.8 Å². The molecule has 0 bridgehead atoms. The number of ether oxygens (including phenoxy) is 1. The highest BCUT2D eigenvalue weighted by molar-refractivity contribution is 9.10. The molecule has 6 heteroatoms. The molecule has 1 atom stereocenters. The Morgan fingerprint density at radius 3 is 2.33 bits per heavy atom. The lowest BCUT2D eigenvalue weighted by Crippen LogP contribution is -2.43. The second-order valence-electron chi connectivity index (χ2n) is 5.70. The molecule has 2 N–H and O–H groups in total. The maximum absolute atomic E-state index is 11.6. The second-order valence-corrected chi connectivity index (χ2v) is 6.62. The van der Waals surface area contributed by atoms with E-state index in [1.165, 1.54) is 0 Å². The molecule has 116 valence electrons. The molecule has 0 unspecified atom stereocenters. The van der Waals surface area contributed by atoms with Crippen LogP contribution in [0.3, 0.4) is 0 Å². The number of hydrogen-bond donors (Lipinski definition) is 2. The first kappa shape index (κ1) is 17.5.